The number of hydrogen-bond acceptors (Lipinski definition) is 2. The van der Waals surface area contributed by atoms with Crippen molar-refractivity contribution in [3.63, 3.8) is 0 Å². The monoisotopic (exact) mass is 247 g/mol. The molecular formula is C15H21NO2. The van der Waals surface area contributed by atoms with Gasteiger partial charge in [0.1, 0.15) is 0 Å². The molecule has 1 atom stereocenters. The molecule has 3 nitrogen and oxygen atoms in total. The molecule has 0 saturated carbocycles. The Labute approximate surface area is 108 Å². The maximum Gasteiger partial charge on any atom is 0.335 e. The summed E-state index contributed by atoms with van der Waals surface area (Å²) in [6.45, 7) is 6.50. The molecule has 0 saturated heterocycles. The minimum atomic E-state index is -0.831. The van der Waals surface area contributed by atoms with Crippen LogP contribution in [0, 0.1) is 0 Å². The van der Waals surface area contributed by atoms with Gasteiger partial charge >= 0.3 is 5.97 Å². The molecule has 1 unspecified atom stereocenters. The molecule has 0 fully saturated rings. The number of fused-ring (bicyclic) bond motifs is 1. The van der Waals surface area contributed by atoms with Crippen LogP contribution in [-0.4, -0.2) is 29.1 Å². The minimum Gasteiger partial charge on any atom is -0.478 e. The number of benzene rings is 1. The van der Waals surface area contributed by atoms with Crippen LogP contribution in [0.5, 0.6) is 0 Å². The number of nitrogens with zero attached hydrogens (tertiary/aromatic N) is 1. The van der Waals surface area contributed by atoms with E-state index in [0.717, 1.165) is 32.4 Å². The highest BCUT2D eigenvalue weighted by atomic mass is 16.4. The van der Waals surface area contributed by atoms with Crippen LogP contribution in [0.1, 0.15) is 54.2 Å². The Balaban J connectivity index is 2.36. The first kappa shape index (κ1) is 13.1. The summed E-state index contributed by atoms with van der Waals surface area (Å²) in [4.78, 5) is 13.5. The number of carboxylic acid groups (broad SMARTS) is 1. The van der Waals surface area contributed by atoms with E-state index in [2.05, 4.69) is 18.7 Å². The Morgan fingerprint density at radius 3 is 2.83 bits per heavy atom. The lowest BCUT2D eigenvalue weighted by molar-refractivity contribution is 0.0696. The van der Waals surface area contributed by atoms with Gasteiger partial charge in [-0.2, -0.15) is 0 Å². The van der Waals surface area contributed by atoms with Gasteiger partial charge in [-0.15, -0.1) is 0 Å². The summed E-state index contributed by atoms with van der Waals surface area (Å²) in [6.07, 6.45) is 3.26. The van der Waals surface area contributed by atoms with E-state index in [1.54, 1.807) is 6.07 Å². The van der Waals surface area contributed by atoms with Crippen molar-refractivity contribution in [2.75, 3.05) is 13.1 Å². The standard InChI is InChI=1S/C15H21NO2/c1-3-5-14-13-7-6-12(15(17)18)10-11(13)8-9-16(14)4-2/h6-7,10,14H,3-5,8-9H2,1-2H3,(H,17,18). The fourth-order valence-electron chi connectivity index (χ4n) is 2.89. The van der Waals surface area contributed by atoms with Crippen molar-refractivity contribution >= 4 is 5.97 Å². The highest BCUT2D eigenvalue weighted by Crippen LogP contribution is 2.33. The number of carbonyl (C=O) groups is 1. The van der Waals surface area contributed by atoms with Gasteiger partial charge in [-0.3, -0.25) is 4.90 Å². The molecule has 0 spiro atoms. The average Bonchev–Trinajstić information content (AvgIpc) is 2.38. The third-order valence-electron chi connectivity index (χ3n) is 3.83. The third kappa shape index (κ3) is 2.41. The fourth-order valence-corrected chi connectivity index (χ4v) is 2.89. The first-order chi connectivity index (χ1) is 8.67. The molecule has 1 N–H and O–H groups in total. The summed E-state index contributed by atoms with van der Waals surface area (Å²) in [7, 11) is 0. The van der Waals surface area contributed by atoms with E-state index >= 15 is 0 Å². The summed E-state index contributed by atoms with van der Waals surface area (Å²) in [5.41, 5.74) is 2.96. The van der Waals surface area contributed by atoms with Crippen LogP contribution in [-0.2, 0) is 6.42 Å². The van der Waals surface area contributed by atoms with Crippen molar-refractivity contribution in [2.45, 2.75) is 39.2 Å². The van der Waals surface area contributed by atoms with Gasteiger partial charge in [0.25, 0.3) is 0 Å². The predicted molar refractivity (Wildman–Crippen MR) is 72.0 cm³/mol. The first-order valence-electron chi connectivity index (χ1n) is 6.77. The summed E-state index contributed by atoms with van der Waals surface area (Å²) in [6, 6.07) is 6.07. The molecule has 1 aromatic carbocycles. The molecule has 1 aliphatic rings. The lowest BCUT2D eigenvalue weighted by Gasteiger charge is -2.36. The second-order valence-corrected chi connectivity index (χ2v) is 4.90. The predicted octanol–water partition coefficient (Wildman–Crippen LogP) is 3.10. The van der Waals surface area contributed by atoms with Crippen molar-refractivity contribution < 1.29 is 9.90 Å². The summed E-state index contributed by atoms with van der Waals surface area (Å²) in [5, 5.41) is 9.04. The summed E-state index contributed by atoms with van der Waals surface area (Å²) in [5.74, 6) is -0.831. The van der Waals surface area contributed by atoms with Crippen LogP contribution < -0.4 is 0 Å². The van der Waals surface area contributed by atoms with Gasteiger partial charge in [-0.25, -0.2) is 4.79 Å². The Morgan fingerprint density at radius 2 is 2.22 bits per heavy atom. The van der Waals surface area contributed by atoms with E-state index in [1.807, 2.05) is 12.1 Å². The molecule has 0 aromatic heterocycles. The van der Waals surface area contributed by atoms with Gasteiger partial charge in [0.15, 0.2) is 0 Å². The van der Waals surface area contributed by atoms with Crippen molar-refractivity contribution in [1.82, 2.24) is 4.90 Å². The zero-order valence-electron chi connectivity index (χ0n) is 11.1. The number of aromatic carboxylic acids is 1. The van der Waals surface area contributed by atoms with E-state index in [9.17, 15) is 4.79 Å². The molecule has 2 rings (SSSR count). The van der Waals surface area contributed by atoms with Crippen molar-refractivity contribution in [3.05, 3.63) is 34.9 Å². The Morgan fingerprint density at radius 1 is 1.44 bits per heavy atom. The Kier molecular flexibility index (Phi) is 4.02. The van der Waals surface area contributed by atoms with Crippen molar-refractivity contribution in [2.24, 2.45) is 0 Å². The zero-order chi connectivity index (χ0) is 13.1. The highest BCUT2D eigenvalue weighted by molar-refractivity contribution is 5.88. The molecule has 1 aromatic rings. The topological polar surface area (TPSA) is 40.5 Å². The lowest BCUT2D eigenvalue weighted by Crippen LogP contribution is -2.35. The van der Waals surface area contributed by atoms with Crippen molar-refractivity contribution in [3.8, 4) is 0 Å². The van der Waals surface area contributed by atoms with Gasteiger partial charge in [-0.05, 0) is 42.6 Å². The molecule has 18 heavy (non-hydrogen) atoms. The maximum atomic E-state index is 11.0. The van der Waals surface area contributed by atoms with Gasteiger partial charge in [0, 0.05) is 12.6 Å². The largest absolute Gasteiger partial charge is 0.478 e. The summed E-state index contributed by atoms with van der Waals surface area (Å²) < 4.78 is 0. The molecule has 0 radical (unpaired) electrons. The number of hydrogen-bond donors (Lipinski definition) is 1. The maximum absolute atomic E-state index is 11.0. The second-order valence-electron chi connectivity index (χ2n) is 4.90. The average molecular weight is 247 g/mol. The number of carboxylic acids is 1. The van der Waals surface area contributed by atoms with Gasteiger partial charge in [0.05, 0.1) is 5.56 Å². The number of likely N-dealkylation sites (N-methyl/N-ethyl adjacent to an activating group) is 1. The lowest BCUT2D eigenvalue weighted by atomic mass is 9.89. The molecule has 3 heteroatoms. The molecule has 0 amide bonds. The summed E-state index contributed by atoms with van der Waals surface area (Å²) >= 11 is 0. The minimum absolute atomic E-state index is 0.411. The second kappa shape index (κ2) is 5.53. The molecule has 1 aliphatic heterocycles. The highest BCUT2D eigenvalue weighted by Gasteiger charge is 2.25. The van der Waals surface area contributed by atoms with Crippen molar-refractivity contribution in [1.29, 1.82) is 0 Å². The first-order valence-corrected chi connectivity index (χ1v) is 6.77. The van der Waals surface area contributed by atoms with E-state index in [1.165, 1.54) is 11.1 Å². The molecule has 0 bridgehead atoms. The third-order valence-corrected chi connectivity index (χ3v) is 3.83. The molecule has 1 heterocycles. The van der Waals surface area contributed by atoms with E-state index in [0.29, 0.717) is 11.6 Å². The Bertz CT molecular complexity index is 442. The smallest absolute Gasteiger partial charge is 0.335 e. The van der Waals surface area contributed by atoms with Gasteiger partial charge in [0.2, 0.25) is 0 Å². The fraction of sp³-hybridized carbons (Fsp3) is 0.533. The van der Waals surface area contributed by atoms with Crippen LogP contribution >= 0.6 is 0 Å². The zero-order valence-corrected chi connectivity index (χ0v) is 11.1. The van der Waals surface area contributed by atoms with E-state index in [-0.39, 0.29) is 0 Å². The quantitative estimate of drug-likeness (QED) is 0.888. The molecule has 98 valence electrons. The number of rotatable bonds is 4. The van der Waals surface area contributed by atoms with E-state index < -0.39 is 5.97 Å². The SMILES string of the molecule is CCCC1c2ccc(C(=O)O)cc2CCN1CC. The van der Waals surface area contributed by atoms with Crippen LogP contribution in [0.15, 0.2) is 18.2 Å². The van der Waals surface area contributed by atoms with Gasteiger partial charge in [-0.1, -0.05) is 26.3 Å². The Hall–Kier alpha value is -1.35. The van der Waals surface area contributed by atoms with E-state index in [4.69, 9.17) is 5.11 Å². The molecular weight excluding hydrogens is 226 g/mol. The van der Waals surface area contributed by atoms with Crippen LogP contribution in [0.25, 0.3) is 0 Å². The van der Waals surface area contributed by atoms with Crippen LogP contribution in [0.4, 0.5) is 0 Å². The molecule has 0 aliphatic carbocycles. The normalized spacial score (nSPS) is 19.6. The van der Waals surface area contributed by atoms with Gasteiger partial charge < -0.3 is 5.11 Å². The van der Waals surface area contributed by atoms with Crippen LogP contribution in [0.2, 0.25) is 0 Å². The van der Waals surface area contributed by atoms with Crippen LogP contribution in [0.3, 0.4) is 0 Å².